The third-order valence-electron chi connectivity index (χ3n) is 4.97. The van der Waals surface area contributed by atoms with Crippen LogP contribution in [-0.2, 0) is 14.8 Å². The van der Waals surface area contributed by atoms with Crippen LogP contribution in [0.2, 0.25) is 0 Å². The summed E-state index contributed by atoms with van der Waals surface area (Å²) in [5.41, 5.74) is 1.06. The lowest BCUT2D eigenvalue weighted by Gasteiger charge is -2.26. The van der Waals surface area contributed by atoms with E-state index in [4.69, 9.17) is 4.74 Å². The van der Waals surface area contributed by atoms with E-state index in [1.165, 1.54) is 28.0 Å². The van der Waals surface area contributed by atoms with Crippen LogP contribution in [-0.4, -0.2) is 48.3 Å². The van der Waals surface area contributed by atoms with E-state index in [-0.39, 0.29) is 11.5 Å². The largest absolute Gasteiger partial charge is 0.467 e. The van der Waals surface area contributed by atoms with Crippen LogP contribution >= 0.6 is 11.3 Å². The summed E-state index contributed by atoms with van der Waals surface area (Å²) in [5.74, 6) is -0.0594. The van der Waals surface area contributed by atoms with Crippen LogP contribution in [0.3, 0.4) is 0 Å². The van der Waals surface area contributed by atoms with E-state index >= 15 is 0 Å². The van der Waals surface area contributed by atoms with Gasteiger partial charge in [0.2, 0.25) is 15.9 Å². The Labute approximate surface area is 179 Å². The van der Waals surface area contributed by atoms with E-state index < -0.39 is 15.9 Å². The number of aromatic nitrogens is 2. The first-order chi connectivity index (χ1) is 14.4. The lowest BCUT2D eigenvalue weighted by Crippen LogP contribution is -2.36. The Balaban J connectivity index is 1.46. The highest BCUT2D eigenvalue weighted by Crippen LogP contribution is 2.27. The van der Waals surface area contributed by atoms with E-state index in [0.29, 0.717) is 30.2 Å². The quantitative estimate of drug-likeness (QED) is 0.624. The van der Waals surface area contributed by atoms with Gasteiger partial charge in [0, 0.05) is 18.8 Å². The molecule has 2 aromatic heterocycles. The topological polar surface area (TPSA) is 101 Å². The van der Waals surface area contributed by atoms with Crippen molar-refractivity contribution in [2.75, 3.05) is 25.0 Å². The van der Waals surface area contributed by atoms with Gasteiger partial charge in [-0.15, -0.1) is 11.3 Å². The predicted octanol–water partition coefficient (Wildman–Crippen LogP) is 3.19. The standard InChI is InChI=1S/C20H22N4O4S2/c1-14-5-6-15(11-17(14)30(26,27)24-8-3-2-4-9-24)23-18(25)12-28-19-16-7-10-29-20(16)22-13-21-19/h5-7,10-11,13H,2-4,8-9,12H2,1H3,(H,23,25). The molecule has 1 N–H and O–H groups in total. The summed E-state index contributed by atoms with van der Waals surface area (Å²) < 4.78 is 33.1. The van der Waals surface area contributed by atoms with Gasteiger partial charge in [-0.25, -0.2) is 18.4 Å². The molecule has 3 heterocycles. The molecule has 0 radical (unpaired) electrons. The van der Waals surface area contributed by atoms with E-state index in [0.717, 1.165) is 29.5 Å². The van der Waals surface area contributed by atoms with Crippen molar-refractivity contribution in [2.24, 2.45) is 0 Å². The zero-order valence-corrected chi connectivity index (χ0v) is 18.1. The maximum absolute atomic E-state index is 13.0. The molecule has 0 bridgehead atoms. The van der Waals surface area contributed by atoms with E-state index in [9.17, 15) is 13.2 Å². The molecule has 8 nitrogen and oxygen atoms in total. The molecule has 3 aromatic rings. The summed E-state index contributed by atoms with van der Waals surface area (Å²) in [4.78, 5) is 21.6. The number of anilines is 1. The molecule has 10 heteroatoms. The molecule has 30 heavy (non-hydrogen) atoms. The van der Waals surface area contributed by atoms with Crippen LogP contribution in [0.25, 0.3) is 10.2 Å². The lowest BCUT2D eigenvalue weighted by molar-refractivity contribution is -0.118. The van der Waals surface area contributed by atoms with Crippen LogP contribution in [0.4, 0.5) is 5.69 Å². The Morgan fingerprint density at radius 1 is 1.20 bits per heavy atom. The number of rotatable bonds is 6. The highest BCUT2D eigenvalue weighted by Gasteiger charge is 2.27. The van der Waals surface area contributed by atoms with Gasteiger partial charge in [0.25, 0.3) is 5.91 Å². The number of ether oxygens (including phenoxy) is 1. The third-order valence-corrected chi connectivity index (χ3v) is 7.83. The second kappa shape index (κ2) is 8.66. The molecule has 158 valence electrons. The third kappa shape index (κ3) is 4.30. The molecule has 1 aliphatic rings. The van der Waals surface area contributed by atoms with Crippen LogP contribution < -0.4 is 10.1 Å². The van der Waals surface area contributed by atoms with Crippen molar-refractivity contribution in [3.8, 4) is 5.88 Å². The van der Waals surface area contributed by atoms with Gasteiger partial charge < -0.3 is 10.1 Å². The Morgan fingerprint density at radius 2 is 2.00 bits per heavy atom. The monoisotopic (exact) mass is 446 g/mol. The van der Waals surface area contributed by atoms with Gasteiger partial charge in [-0.2, -0.15) is 4.31 Å². The van der Waals surface area contributed by atoms with E-state index in [2.05, 4.69) is 15.3 Å². The Kier molecular flexibility index (Phi) is 5.98. The molecule has 0 unspecified atom stereocenters. The normalized spacial score (nSPS) is 15.2. The first-order valence-electron chi connectivity index (χ1n) is 9.67. The number of amides is 1. The second-order valence-electron chi connectivity index (χ2n) is 7.10. The molecule has 1 aliphatic heterocycles. The molecular formula is C20H22N4O4S2. The molecule has 0 atom stereocenters. The lowest BCUT2D eigenvalue weighted by atomic mass is 10.2. The minimum Gasteiger partial charge on any atom is -0.467 e. The summed E-state index contributed by atoms with van der Waals surface area (Å²) in [6.45, 7) is 2.57. The molecule has 0 saturated carbocycles. The van der Waals surface area contributed by atoms with Crippen LogP contribution in [0.5, 0.6) is 5.88 Å². The highest BCUT2D eigenvalue weighted by molar-refractivity contribution is 7.89. The fourth-order valence-electron chi connectivity index (χ4n) is 3.41. The van der Waals surface area contributed by atoms with Crippen LogP contribution in [0, 0.1) is 6.92 Å². The number of piperidine rings is 1. The molecule has 1 fully saturated rings. The van der Waals surface area contributed by atoms with Crippen molar-refractivity contribution < 1.29 is 17.9 Å². The van der Waals surface area contributed by atoms with Gasteiger partial charge in [0.05, 0.1) is 10.3 Å². The number of benzene rings is 1. The number of thiophene rings is 1. The van der Waals surface area contributed by atoms with Gasteiger partial charge in [0.1, 0.15) is 11.2 Å². The second-order valence-corrected chi connectivity index (χ2v) is 9.90. The maximum Gasteiger partial charge on any atom is 0.262 e. The zero-order valence-electron chi connectivity index (χ0n) is 16.5. The number of hydrogen-bond acceptors (Lipinski definition) is 7. The molecule has 4 rings (SSSR count). The van der Waals surface area contributed by atoms with Crippen molar-refractivity contribution in [1.82, 2.24) is 14.3 Å². The number of sulfonamides is 1. The van der Waals surface area contributed by atoms with Gasteiger partial charge in [-0.05, 0) is 48.9 Å². The SMILES string of the molecule is Cc1ccc(NC(=O)COc2ncnc3sccc23)cc1S(=O)(=O)N1CCCCC1. The van der Waals surface area contributed by atoms with Crippen LogP contribution in [0.1, 0.15) is 24.8 Å². The van der Waals surface area contributed by atoms with Crippen molar-refractivity contribution in [2.45, 2.75) is 31.1 Å². The summed E-state index contributed by atoms with van der Waals surface area (Å²) in [5, 5.41) is 5.34. The minimum absolute atomic E-state index is 0.221. The smallest absolute Gasteiger partial charge is 0.262 e. The molecule has 0 aliphatic carbocycles. The molecule has 1 amide bonds. The number of fused-ring (bicyclic) bond motifs is 1. The average molecular weight is 447 g/mol. The van der Waals surface area contributed by atoms with Crippen LogP contribution in [0.15, 0.2) is 40.9 Å². The Hall–Kier alpha value is -2.56. The molecule has 0 spiro atoms. The van der Waals surface area contributed by atoms with Crippen molar-refractivity contribution >= 4 is 43.2 Å². The molecule has 1 aromatic carbocycles. The van der Waals surface area contributed by atoms with Gasteiger partial charge in [-0.1, -0.05) is 12.5 Å². The summed E-state index contributed by atoms with van der Waals surface area (Å²) >= 11 is 1.46. The zero-order chi connectivity index (χ0) is 21.1. The Bertz CT molecular complexity index is 1170. The van der Waals surface area contributed by atoms with Crippen molar-refractivity contribution in [3.63, 3.8) is 0 Å². The molecule has 1 saturated heterocycles. The fraction of sp³-hybridized carbons (Fsp3) is 0.350. The average Bonchev–Trinajstić information content (AvgIpc) is 3.23. The van der Waals surface area contributed by atoms with Gasteiger partial charge in [0.15, 0.2) is 6.61 Å². The van der Waals surface area contributed by atoms with E-state index in [1.54, 1.807) is 19.1 Å². The number of nitrogens with zero attached hydrogens (tertiary/aromatic N) is 3. The van der Waals surface area contributed by atoms with Gasteiger partial charge >= 0.3 is 0 Å². The highest BCUT2D eigenvalue weighted by atomic mass is 32.2. The number of carbonyl (C=O) groups excluding carboxylic acids is 1. The Morgan fingerprint density at radius 3 is 2.80 bits per heavy atom. The summed E-state index contributed by atoms with van der Waals surface area (Å²) in [6, 6.07) is 6.74. The number of hydrogen-bond donors (Lipinski definition) is 1. The summed E-state index contributed by atoms with van der Waals surface area (Å²) in [6.07, 6.45) is 4.17. The number of carbonyl (C=O) groups is 1. The first-order valence-corrected chi connectivity index (χ1v) is 12.0. The van der Waals surface area contributed by atoms with Gasteiger partial charge in [-0.3, -0.25) is 4.79 Å². The van der Waals surface area contributed by atoms with Crippen molar-refractivity contribution in [1.29, 1.82) is 0 Å². The fourth-order valence-corrected chi connectivity index (χ4v) is 5.90. The van der Waals surface area contributed by atoms with Crippen molar-refractivity contribution in [3.05, 3.63) is 41.5 Å². The summed E-state index contributed by atoms with van der Waals surface area (Å²) in [7, 11) is -3.59. The minimum atomic E-state index is -3.59. The number of aryl methyl sites for hydroxylation is 1. The maximum atomic E-state index is 13.0. The predicted molar refractivity (Wildman–Crippen MR) is 115 cm³/mol. The molecular weight excluding hydrogens is 424 g/mol. The number of nitrogens with one attached hydrogen (secondary N) is 1. The first kappa shape index (κ1) is 20.7. The van der Waals surface area contributed by atoms with E-state index in [1.807, 2.05) is 11.4 Å².